The number of hydrogen-bond acceptors (Lipinski definition) is 10. The largest absolute Gasteiger partial charge is 0.368 e. The van der Waals surface area contributed by atoms with Crippen LogP contribution in [0.15, 0.2) is 0 Å². The van der Waals surface area contributed by atoms with E-state index in [4.69, 9.17) is 11.5 Å². The number of nitrogens with two attached hydrogens (primary N) is 2. The van der Waals surface area contributed by atoms with Gasteiger partial charge in [-0.05, 0) is 44.4 Å². The lowest BCUT2D eigenvalue weighted by Gasteiger charge is -2.27. The van der Waals surface area contributed by atoms with E-state index in [1.165, 1.54) is 11.8 Å². The predicted octanol–water partition coefficient (Wildman–Crippen LogP) is -2.18. The maximum Gasteiger partial charge on any atom is 0.244 e. The molecule has 1 fully saturated rings. The van der Waals surface area contributed by atoms with Gasteiger partial charge in [-0.25, -0.2) is 0 Å². The minimum Gasteiger partial charge on any atom is -0.368 e. The molecule has 0 radical (unpaired) electrons. The highest BCUT2D eigenvalue weighted by atomic mass is 32.1. The quantitative estimate of drug-likeness (QED) is 0.0723. The van der Waals surface area contributed by atoms with Crippen LogP contribution in [0.4, 0.5) is 0 Å². The van der Waals surface area contributed by atoms with Crippen LogP contribution in [0.2, 0.25) is 0 Å². The van der Waals surface area contributed by atoms with Gasteiger partial charge in [-0.2, -0.15) is 25.3 Å². The van der Waals surface area contributed by atoms with E-state index in [0.717, 1.165) is 0 Å². The van der Waals surface area contributed by atoms with Crippen LogP contribution in [0.3, 0.4) is 0 Å². The summed E-state index contributed by atoms with van der Waals surface area (Å²) >= 11 is 8.27. The van der Waals surface area contributed by atoms with Gasteiger partial charge in [0.15, 0.2) is 0 Å². The van der Waals surface area contributed by atoms with E-state index in [9.17, 15) is 33.6 Å². The lowest BCUT2D eigenvalue weighted by atomic mass is 10.0. The Morgan fingerprint density at radius 3 is 1.82 bits per heavy atom. The summed E-state index contributed by atoms with van der Waals surface area (Å²) in [5.74, 6) is -4.06. The van der Waals surface area contributed by atoms with Crippen molar-refractivity contribution >= 4 is 66.6 Å². The van der Waals surface area contributed by atoms with Crippen LogP contribution in [-0.4, -0.2) is 107 Å². The first-order chi connectivity index (χ1) is 21.0. The van der Waals surface area contributed by atoms with Crippen LogP contribution < -0.4 is 38.1 Å². The molecule has 0 spiro atoms. The molecule has 0 aromatic rings. The van der Waals surface area contributed by atoms with Crippen molar-refractivity contribution in [2.24, 2.45) is 23.3 Å². The van der Waals surface area contributed by atoms with Crippen molar-refractivity contribution in [3.05, 3.63) is 0 Å². The highest BCUT2D eigenvalue weighted by Crippen LogP contribution is 2.18. The zero-order chi connectivity index (χ0) is 34.4. The van der Waals surface area contributed by atoms with E-state index in [2.05, 4.69) is 51.8 Å². The molecule has 1 aliphatic heterocycles. The molecule has 0 aromatic heterocycles. The minimum atomic E-state index is -1.08. The number of likely N-dealkylation sites (tertiary alicyclic amines) is 1. The summed E-state index contributed by atoms with van der Waals surface area (Å²) in [6.45, 7) is 8.81. The molecule has 6 atom stereocenters. The highest BCUT2D eigenvalue weighted by molar-refractivity contribution is 7.80. The van der Waals surface area contributed by atoms with Crippen LogP contribution >= 0.6 is 25.3 Å². The van der Waals surface area contributed by atoms with Crippen molar-refractivity contribution in [3.63, 3.8) is 0 Å². The number of amides is 7. The average Bonchev–Trinajstić information content (AvgIpc) is 3.46. The molecule has 1 rings (SSSR count). The molecule has 9 N–H and O–H groups in total. The SMILES string of the molecule is CC(C)C[C@H](NC(=O)[C@H](CS)NC(=O)[C@@H]1CCCN1C(=O)CNC(=O)[C@H](C)NC(=O)[C@H](CS)NC(=O)[C@@H](N)CC(C)C)C(N)=O. The third kappa shape index (κ3) is 13.5. The maximum absolute atomic E-state index is 13.1. The smallest absolute Gasteiger partial charge is 0.244 e. The van der Waals surface area contributed by atoms with Crippen molar-refractivity contribution in [3.8, 4) is 0 Å². The highest BCUT2D eigenvalue weighted by Gasteiger charge is 2.36. The summed E-state index contributed by atoms with van der Waals surface area (Å²) < 4.78 is 0. The normalized spacial score (nSPS) is 17.9. The molecule has 1 heterocycles. The number of rotatable bonds is 18. The maximum atomic E-state index is 13.1. The van der Waals surface area contributed by atoms with Crippen molar-refractivity contribution < 1.29 is 33.6 Å². The van der Waals surface area contributed by atoms with Crippen LogP contribution in [-0.2, 0) is 33.6 Å². The third-order valence-corrected chi connectivity index (χ3v) is 7.83. The fourth-order valence-electron chi connectivity index (χ4n) is 4.67. The molecule has 1 saturated heterocycles. The Morgan fingerprint density at radius 1 is 0.756 bits per heavy atom. The molecule has 0 aliphatic carbocycles. The van der Waals surface area contributed by atoms with Gasteiger partial charge in [-0.1, -0.05) is 27.7 Å². The van der Waals surface area contributed by atoms with Crippen molar-refractivity contribution in [1.29, 1.82) is 0 Å². The van der Waals surface area contributed by atoms with Crippen LogP contribution in [0.25, 0.3) is 0 Å². The van der Waals surface area contributed by atoms with Crippen LogP contribution in [0, 0.1) is 11.8 Å². The van der Waals surface area contributed by atoms with E-state index < -0.39 is 84.1 Å². The van der Waals surface area contributed by atoms with Gasteiger partial charge in [0.25, 0.3) is 0 Å². The summed E-state index contributed by atoms with van der Waals surface area (Å²) in [5, 5.41) is 12.6. The Labute approximate surface area is 275 Å². The Balaban J connectivity index is 2.70. The van der Waals surface area contributed by atoms with E-state index in [1.54, 1.807) is 0 Å². The average molecular weight is 675 g/mol. The van der Waals surface area contributed by atoms with E-state index >= 15 is 0 Å². The van der Waals surface area contributed by atoms with Crippen molar-refractivity contribution in [2.75, 3.05) is 24.6 Å². The fraction of sp³-hybridized carbons (Fsp3) is 0.750. The first kappa shape index (κ1) is 40.0. The molecule has 1 aliphatic rings. The van der Waals surface area contributed by atoms with Crippen molar-refractivity contribution in [2.45, 2.75) is 96.6 Å². The minimum absolute atomic E-state index is 0.0311. The number of nitrogens with zero attached hydrogens (tertiary/aromatic N) is 1. The molecule has 0 saturated carbocycles. The second-order valence-electron chi connectivity index (χ2n) is 12.0. The summed E-state index contributed by atoms with van der Waals surface area (Å²) in [6.07, 6.45) is 1.62. The van der Waals surface area contributed by atoms with E-state index in [0.29, 0.717) is 25.7 Å². The van der Waals surface area contributed by atoms with Gasteiger partial charge in [-0.15, -0.1) is 0 Å². The summed E-state index contributed by atoms with van der Waals surface area (Å²) in [7, 11) is 0. The monoisotopic (exact) mass is 674 g/mol. The Morgan fingerprint density at radius 2 is 1.29 bits per heavy atom. The third-order valence-electron chi connectivity index (χ3n) is 7.10. The lowest BCUT2D eigenvalue weighted by Crippen LogP contribution is -2.57. The zero-order valence-corrected chi connectivity index (χ0v) is 28.4. The van der Waals surface area contributed by atoms with Crippen LogP contribution in [0.5, 0.6) is 0 Å². The molecule has 7 amide bonds. The number of primary amides is 1. The zero-order valence-electron chi connectivity index (χ0n) is 26.6. The topological polar surface area (TPSA) is 235 Å². The molecular weight excluding hydrogens is 624 g/mol. The van der Waals surface area contributed by atoms with Gasteiger partial charge >= 0.3 is 0 Å². The van der Waals surface area contributed by atoms with Gasteiger partial charge in [0, 0.05) is 18.1 Å². The number of thiol groups is 2. The van der Waals surface area contributed by atoms with Gasteiger partial charge in [0.05, 0.1) is 12.6 Å². The molecule has 0 aromatic carbocycles. The Kier molecular flexibility index (Phi) is 17.3. The first-order valence-corrected chi connectivity index (χ1v) is 16.3. The summed E-state index contributed by atoms with van der Waals surface area (Å²) in [5.41, 5.74) is 11.3. The first-order valence-electron chi connectivity index (χ1n) is 15.1. The molecular formula is C28H50N8O7S2. The molecule has 15 nitrogen and oxygen atoms in total. The number of carbonyl (C=O) groups excluding carboxylic acids is 7. The Hall–Kier alpha value is -3.05. The van der Waals surface area contributed by atoms with E-state index in [1.807, 2.05) is 27.7 Å². The molecule has 45 heavy (non-hydrogen) atoms. The molecule has 17 heteroatoms. The fourth-order valence-corrected chi connectivity index (χ4v) is 5.19. The molecule has 256 valence electrons. The lowest BCUT2D eigenvalue weighted by molar-refractivity contribution is -0.140. The molecule has 0 bridgehead atoms. The van der Waals surface area contributed by atoms with Crippen LogP contribution in [0.1, 0.15) is 60.3 Å². The standard InChI is InChI=1S/C28H50N8O7S2/c1-14(2)9-17(29)25(40)34-19(12-44)26(41)32-16(5)24(39)31-11-22(37)36-8-6-7-21(36)28(43)35-20(13-45)27(42)33-18(23(30)38)10-15(3)4/h14-21,44-45H,6-13,29H2,1-5H3,(H2,30,38)(H,31,39)(H,32,41)(H,33,42)(H,34,40)(H,35,43)/t16-,17-,18-,19-,20-,21-/m0/s1. The van der Waals surface area contributed by atoms with Gasteiger partial charge in [-0.3, -0.25) is 33.6 Å². The summed E-state index contributed by atoms with van der Waals surface area (Å²) in [4.78, 5) is 89.5. The molecule has 0 unspecified atom stereocenters. The number of carbonyl (C=O) groups is 7. The Bertz CT molecular complexity index is 1080. The van der Waals surface area contributed by atoms with Gasteiger partial charge in [0.2, 0.25) is 41.4 Å². The summed E-state index contributed by atoms with van der Waals surface area (Å²) in [6, 6.07) is -5.75. The van der Waals surface area contributed by atoms with Gasteiger partial charge < -0.3 is 43.0 Å². The second-order valence-corrected chi connectivity index (χ2v) is 12.7. The number of hydrogen-bond donors (Lipinski definition) is 9. The van der Waals surface area contributed by atoms with Gasteiger partial charge in [0.1, 0.15) is 30.2 Å². The predicted molar refractivity (Wildman–Crippen MR) is 175 cm³/mol. The second kappa shape index (κ2) is 19.5. The van der Waals surface area contributed by atoms with E-state index in [-0.39, 0.29) is 29.9 Å². The van der Waals surface area contributed by atoms with Crippen molar-refractivity contribution in [1.82, 2.24) is 31.5 Å². The number of nitrogens with one attached hydrogen (secondary N) is 5.